The molecule has 1 aliphatic rings. The van der Waals surface area contributed by atoms with Gasteiger partial charge in [0.05, 0.1) is 33.3 Å². The average Bonchev–Trinajstić information content (AvgIpc) is 3.84. The van der Waals surface area contributed by atoms with Crippen molar-refractivity contribution in [2.75, 3.05) is 0 Å². The van der Waals surface area contributed by atoms with E-state index in [4.69, 9.17) is 9.97 Å². The number of benzene rings is 9. The van der Waals surface area contributed by atoms with Gasteiger partial charge < -0.3 is 4.57 Å². The molecule has 3 heterocycles. The highest BCUT2D eigenvalue weighted by Crippen LogP contribution is 2.51. The third-order valence-corrected chi connectivity index (χ3v) is 14.5. The summed E-state index contributed by atoms with van der Waals surface area (Å²) in [6.45, 7) is 9.75. The van der Waals surface area contributed by atoms with E-state index in [0.717, 1.165) is 45.2 Å². The van der Waals surface area contributed by atoms with Crippen LogP contribution in [-0.2, 0) is 10.8 Å². The Hall–Kier alpha value is -7.56. The molecule has 64 heavy (non-hydrogen) atoms. The molecule has 306 valence electrons. The SMILES string of the molecule is CC1(C)CCC(C)(C)c2c1ccc1c3cc4c(cc3n(-c3ccccc3)c21)c1c2ccccc2ccc1n4-c1nc(-c2cccc(-c3cccc4ccccc34)c2)c2ccccc2n1. The quantitative estimate of drug-likeness (QED) is 0.177. The molecular formula is C60H46N4. The first-order chi connectivity index (χ1) is 31.2. The molecule has 0 aliphatic heterocycles. The lowest BCUT2D eigenvalue weighted by molar-refractivity contribution is 0.334. The molecule has 3 aromatic heterocycles. The number of fused-ring (bicyclic) bond motifs is 12. The number of nitrogens with zero attached hydrogens (tertiary/aromatic N) is 4. The topological polar surface area (TPSA) is 35.6 Å². The van der Waals surface area contributed by atoms with E-state index in [0.29, 0.717) is 5.95 Å². The fourth-order valence-corrected chi connectivity index (χ4v) is 11.3. The minimum Gasteiger partial charge on any atom is -0.309 e. The molecule has 0 saturated carbocycles. The summed E-state index contributed by atoms with van der Waals surface area (Å²) in [5.74, 6) is 0.658. The van der Waals surface area contributed by atoms with Crippen LogP contribution in [-0.4, -0.2) is 19.1 Å². The summed E-state index contributed by atoms with van der Waals surface area (Å²) in [6.07, 6.45) is 2.30. The Bertz CT molecular complexity index is 3900. The van der Waals surface area contributed by atoms with Gasteiger partial charge in [-0.1, -0.05) is 167 Å². The van der Waals surface area contributed by atoms with E-state index < -0.39 is 0 Å². The summed E-state index contributed by atoms with van der Waals surface area (Å²) < 4.78 is 4.89. The van der Waals surface area contributed by atoms with Crippen LogP contribution in [0.15, 0.2) is 182 Å². The average molecular weight is 823 g/mol. The van der Waals surface area contributed by atoms with Gasteiger partial charge >= 0.3 is 0 Å². The summed E-state index contributed by atoms with van der Waals surface area (Å²) in [6, 6.07) is 66.5. The van der Waals surface area contributed by atoms with Crippen LogP contribution in [0.4, 0.5) is 0 Å². The third-order valence-electron chi connectivity index (χ3n) is 14.5. The first-order valence-corrected chi connectivity index (χ1v) is 22.6. The van der Waals surface area contributed by atoms with Gasteiger partial charge in [-0.3, -0.25) is 4.57 Å². The molecule has 0 atom stereocenters. The van der Waals surface area contributed by atoms with Gasteiger partial charge in [-0.25, -0.2) is 9.97 Å². The molecule has 4 heteroatoms. The monoisotopic (exact) mass is 822 g/mol. The van der Waals surface area contributed by atoms with Crippen molar-refractivity contribution in [1.82, 2.24) is 19.1 Å². The van der Waals surface area contributed by atoms with Gasteiger partial charge in [0, 0.05) is 38.2 Å². The molecule has 4 nitrogen and oxygen atoms in total. The molecule has 9 aromatic carbocycles. The van der Waals surface area contributed by atoms with E-state index in [1.165, 1.54) is 82.9 Å². The van der Waals surface area contributed by atoms with E-state index in [1.807, 2.05) is 0 Å². The minimum atomic E-state index is 0.00306. The van der Waals surface area contributed by atoms with Crippen LogP contribution in [0.5, 0.6) is 0 Å². The van der Waals surface area contributed by atoms with Crippen molar-refractivity contribution in [3.63, 3.8) is 0 Å². The van der Waals surface area contributed by atoms with Crippen molar-refractivity contribution < 1.29 is 0 Å². The lowest BCUT2D eigenvalue weighted by Crippen LogP contribution is -2.34. The van der Waals surface area contributed by atoms with Crippen molar-refractivity contribution in [2.24, 2.45) is 0 Å². The Morgan fingerprint density at radius 2 is 1.09 bits per heavy atom. The van der Waals surface area contributed by atoms with Crippen molar-refractivity contribution in [1.29, 1.82) is 0 Å². The minimum absolute atomic E-state index is 0.00306. The Labute approximate surface area is 372 Å². The first kappa shape index (κ1) is 37.0. The molecule has 0 amide bonds. The Morgan fingerprint density at radius 1 is 0.438 bits per heavy atom. The number of hydrogen-bond donors (Lipinski definition) is 0. The summed E-state index contributed by atoms with van der Waals surface area (Å²) in [7, 11) is 0. The molecule has 0 spiro atoms. The van der Waals surface area contributed by atoms with Gasteiger partial charge in [-0.05, 0) is 110 Å². The molecule has 0 unspecified atom stereocenters. The van der Waals surface area contributed by atoms with Gasteiger partial charge in [-0.2, -0.15) is 0 Å². The highest BCUT2D eigenvalue weighted by molar-refractivity contribution is 6.25. The zero-order valence-electron chi connectivity index (χ0n) is 36.5. The van der Waals surface area contributed by atoms with E-state index in [-0.39, 0.29) is 10.8 Å². The van der Waals surface area contributed by atoms with Gasteiger partial charge in [-0.15, -0.1) is 0 Å². The second-order valence-corrected chi connectivity index (χ2v) is 19.2. The summed E-state index contributed by atoms with van der Waals surface area (Å²) in [5, 5.41) is 10.8. The van der Waals surface area contributed by atoms with Crippen LogP contribution in [0, 0.1) is 0 Å². The lowest BCUT2D eigenvalue weighted by Gasteiger charge is -2.42. The van der Waals surface area contributed by atoms with Crippen LogP contribution in [0.1, 0.15) is 51.7 Å². The Kier molecular flexibility index (Phi) is 7.80. The summed E-state index contributed by atoms with van der Waals surface area (Å²) >= 11 is 0. The molecule has 0 bridgehead atoms. The maximum Gasteiger partial charge on any atom is 0.235 e. The fourth-order valence-electron chi connectivity index (χ4n) is 11.3. The number of rotatable bonds is 4. The molecule has 1 aliphatic carbocycles. The van der Waals surface area contributed by atoms with E-state index in [1.54, 1.807) is 0 Å². The smallest absolute Gasteiger partial charge is 0.235 e. The second-order valence-electron chi connectivity index (χ2n) is 19.2. The molecule has 0 fully saturated rings. The number of para-hydroxylation sites is 2. The Morgan fingerprint density at radius 3 is 1.94 bits per heavy atom. The summed E-state index contributed by atoms with van der Waals surface area (Å²) in [4.78, 5) is 11.1. The molecule has 0 saturated heterocycles. The molecular weight excluding hydrogens is 777 g/mol. The van der Waals surface area contributed by atoms with Gasteiger partial charge in [0.25, 0.3) is 0 Å². The molecule has 13 rings (SSSR count). The van der Waals surface area contributed by atoms with Crippen LogP contribution in [0.25, 0.3) is 110 Å². The van der Waals surface area contributed by atoms with Gasteiger partial charge in [0.2, 0.25) is 5.95 Å². The predicted molar refractivity (Wildman–Crippen MR) is 269 cm³/mol. The van der Waals surface area contributed by atoms with E-state index in [2.05, 4.69) is 219 Å². The molecule has 12 aromatic rings. The van der Waals surface area contributed by atoms with Crippen molar-refractivity contribution in [3.05, 3.63) is 193 Å². The Balaban J connectivity index is 1.14. The first-order valence-electron chi connectivity index (χ1n) is 22.6. The van der Waals surface area contributed by atoms with E-state index in [9.17, 15) is 0 Å². The fraction of sp³-hybridized carbons (Fsp3) is 0.133. The van der Waals surface area contributed by atoms with Crippen LogP contribution in [0.2, 0.25) is 0 Å². The van der Waals surface area contributed by atoms with Gasteiger partial charge in [0.1, 0.15) is 0 Å². The maximum atomic E-state index is 5.63. The highest BCUT2D eigenvalue weighted by Gasteiger charge is 2.40. The van der Waals surface area contributed by atoms with Crippen molar-refractivity contribution in [2.45, 2.75) is 51.4 Å². The van der Waals surface area contributed by atoms with Crippen LogP contribution in [0.3, 0.4) is 0 Å². The van der Waals surface area contributed by atoms with Crippen LogP contribution >= 0.6 is 0 Å². The third kappa shape index (κ3) is 5.35. The lowest BCUT2D eigenvalue weighted by atomic mass is 9.62. The van der Waals surface area contributed by atoms with Gasteiger partial charge in [0.15, 0.2) is 0 Å². The van der Waals surface area contributed by atoms with E-state index >= 15 is 0 Å². The zero-order chi connectivity index (χ0) is 42.9. The maximum absolute atomic E-state index is 5.63. The standard InChI is InChI=1S/C60H46N4/c1-59(2)32-33-60(3,4)55-49(59)30-29-45-47-35-53-48(36-52(47)63(57(45)55)41-21-6-5-7-22-41)54-44-24-11-9-17-38(44)28-31-51(54)64(53)58-61-50-27-13-12-25-46(50)56(62-58)40-20-14-19-39(34-40)43-26-15-18-37-16-8-10-23-42(37)43/h5-31,34-36H,32-33H2,1-4H3. The zero-order valence-corrected chi connectivity index (χ0v) is 36.5. The van der Waals surface area contributed by atoms with Crippen LogP contribution < -0.4 is 0 Å². The second kappa shape index (κ2) is 13.5. The highest BCUT2D eigenvalue weighted by atomic mass is 15.2. The van der Waals surface area contributed by atoms with Crippen molar-refractivity contribution in [3.8, 4) is 34.0 Å². The molecule has 0 N–H and O–H groups in total. The largest absolute Gasteiger partial charge is 0.309 e. The number of hydrogen-bond acceptors (Lipinski definition) is 2. The number of aromatic nitrogens is 4. The summed E-state index contributed by atoms with van der Waals surface area (Å²) in [5.41, 5.74) is 14.1. The predicted octanol–water partition coefficient (Wildman–Crippen LogP) is 15.8. The normalized spacial score (nSPS) is 14.7. The molecule has 0 radical (unpaired) electrons. The van der Waals surface area contributed by atoms with Crippen molar-refractivity contribution >= 4 is 76.1 Å².